The molecule has 0 spiro atoms. The first-order valence-electron chi connectivity index (χ1n) is 8.24. The van der Waals surface area contributed by atoms with Gasteiger partial charge in [0.05, 0.1) is 6.10 Å². The molecule has 0 bridgehead atoms. The van der Waals surface area contributed by atoms with Crippen LogP contribution in [0.25, 0.3) is 0 Å². The SMILES string of the molecule is C[C@@]12C=CC[C@H]1[C@@H]1CCC3=C[C@@H](O)CC[C@@H]3[C@H]1CC2. The second kappa shape index (κ2) is 4.22. The lowest BCUT2D eigenvalue weighted by atomic mass is 9.52. The summed E-state index contributed by atoms with van der Waals surface area (Å²) in [6.45, 7) is 2.49. The molecule has 2 fully saturated rings. The largest absolute Gasteiger partial charge is 0.389 e. The van der Waals surface area contributed by atoms with Gasteiger partial charge in [-0.15, -0.1) is 0 Å². The van der Waals surface area contributed by atoms with Crippen molar-refractivity contribution in [2.75, 3.05) is 0 Å². The minimum Gasteiger partial charge on any atom is -0.389 e. The topological polar surface area (TPSA) is 20.2 Å². The average Bonchev–Trinajstić information content (AvgIpc) is 2.79. The summed E-state index contributed by atoms with van der Waals surface area (Å²) in [7, 11) is 0. The number of aliphatic hydroxyl groups excluding tert-OH is 1. The normalized spacial score (nSPS) is 52.1. The van der Waals surface area contributed by atoms with Crippen LogP contribution in [0.1, 0.15) is 51.9 Å². The van der Waals surface area contributed by atoms with Gasteiger partial charge in [-0.3, -0.25) is 0 Å². The van der Waals surface area contributed by atoms with E-state index >= 15 is 0 Å². The van der Waals surface area contributed by atoms with Gasteiger partial charge in [-0.1, -0.05) is 30.7 Å². The summed E-state index contributed by atoms with van der Waals surface area (Å²) in [4.78, 5) is 0. The molecule has 0 aromatic rings. The van der Waals surface area contributed by atoms with Crippen molar-refractivity contribution in [2.24, 2.45) is 29.1 Å². The molecule has 0 saturated heterocycles. The van der Waals surface area contributed by atoms with Crippen LogP contribution in [0.4, 0.5) is 0 Å². The zero-order valence-electron chi connectivity index (χ0n) is 12.0. The van der Waals surface area contributed by atoms with Crippen LogP contribution in [0, 0.1) is 29.1 Å². The Balaban J connectivity index is 1.62. The Bertz CT molecular complexity index is 435. The van der Waals surface area contributed by atoms with E-state index in [1.54, 1.807) is 5.57 Å². The van der Waals surface area contributed by atoms with Crippen LogP contribution in [0.15, 0.2) is 23.8 Å². The highest BCUT2D eigenvalue weighted by Gasteiger charge is 2.50. The van der Waals surface area contributed by atoms with E-state index in [1.165, 1.54) is 38.5 Å². The lowest BCUT2D eigenvalue weighted by molar-refractivity contribution is 0.00901. The van der Waals surface area contributed by atoms with E-state index in [2.05, 4.69) is 25.2 Å². The van der Waals surface area contributed by atoms with Crippen LogP contribution in [0.5, 0.6) is 0 Å². The van der Waals surface area contributed by atoms with Crippen LogP contribution in [0.3, 0.4) is 0 Å². The standard InChI is InChI=1S/C18H26O/c1-18-9-2-3-17(18)16-6-4-12-11-13(19)5-7-14(12)15(16)8-10-18/h2,9,11,13-17,19H,3-8,10H2,1H3/t13-,14-,15+,16+,17-,18-/m0/s1. The predicted octanol–water partition coefficient (Wildman–Crippen LogP) is 4.09. The Morgan fingerprint density at radius 1 is 1.16 bits per heavy atom. The Hall–Kier alpha value is -0.560. The number of hydrogen-bond acceptors (Lipinski definition) is 1. The molecule has 4 rings (SSSR count). The molecule has 0 radical (unpaired) electrons. The van der Waals surface area contributed by atoms with Crippen molar-refractivity contribution in [2.45, 2.75) is 58.0 Å². The zero-order chi connectivity index (χ0) is 13.0. The number of allylic oxidation sites excluding steroid dienone is 3. The average molecular weight is 258 g/mol. The van der Waals surface area contributed by atoms with Crippen molar-refractivity contribution in [3.8, 4) is 0 Å². The quantitative estimate of drug-likeness (QED) is 0.649. The fourth-order valence-corrected chi connectivity index (χ4v) is 5.80. The molecule has 4 aliphatic rings. The van der Waals surface area contributed by atoms with Crippen molar-refractivity contribution in [3.63, 3.8) is 0 Å². The fraction of sp³-hybridized carbons (Fsp3) is 0.778. The zero-order valence-corrected chi connectivity index (χ0v) is 12.0. The smallest absolute Gasteiger partial charge is 0.0723 e. The van der Waals surface area contributed by atoms with E-state index in [1.807, 2.05) is 0 Å². The van der Waals surface area contributed by atoms with Crippen molar-refractivity contribution in [1.29, 1.82) is 0 Å². The lowest BCUT2D eigenvalue weighted by Crippen LogP contribution is -2.44. The maximum atomic E-state index is 9.85. The molecule has 4 aliphatic carbocycles. The fourth-order valence-electron chi connectivity index (χ4n) is 5.80. The Labute approximate surface area is 116 Å². The Morgan fingerprint density at radius 2 is 2.05 bits per heavy atom. The number of fused-ring (bicyclic) bond motifs is 5. The predicted molar refractivity (Wildman–Crippen MR) is 77.6 cm³/mol. The highest BCUT2D eigenvalue weighted by molar-refractivity contribution is 5.22. The van der Waals surface area contributed by atoms with E-state index in [9.17, 15) is 5.11 Å². The van der Waals surface area contributed by atoms with Crippen LogP contribution in [-0.4, -0.2) is 11.2 Å². The molecule has 2 saturated carbocycles. The maximum absolute atomic E-state index is 9.85. The molecule has 0 amide bonds. The highest BCUT2D eigenvalue weighted by Crippen LogP contribution is 2.59. The highest BCUT2D eigenvalue weighted by atomic mass is 16.3. The molecular weight excluding hydrogens is 232 g/mol. The van der Waals surface area contributed by atoms with Crippen molar-refractivity contribution < 1.29 is 5.11 Å². The van der Waals surface area contributed by atoms with Crippen LogP contribution in [0.2, 0.25) is 0 Å². The van der Waals surface area contributed by atoms with Gasteiger partial charge in [-0.05, 0) is 74.0 Å². The molecule has 1 N–H and O–H groups in total. The van der Waals surface area contributed by atoms with Crippen molar-refractivity contribution in [3.05, 3.63) is 23.8 Å². The van der Waals surface area contributed by atoms with Gasteiger partial charge in [0.2, 0.25) is 0 Å². The molecule has 6 atom stereocenters. The Morgan fingerprint density at radius 3 is 2.95 bits per heavy atom. The first-order valence-corrected chi connectivity index (χ1v) is 8.24. The Kier molecular flexibility index (Phi) is 2.71. The van der Waals surface area contributed by atoms with Crippen LogP contribution >= 0.6 is 0 Å². The molecule has 0 heterocycles. The number of aliphatic hydroxyl groups is 1. The van der Waals surface area contributed by atoms with E-state index in [0.29, 0.717) is 5.41 Å². The molecular formula is C18H26O. The summed E-state index contributed by atoms with van der Waals surface area (Å²) < 4.78 is 0. The summed E-state index contributed by atoms with van der Waals surface area (Å²) in [5, 5.41) is 9.85. The summed E-state index contributed by atoms with van der Waals surface area (Å²) >= 11 is 0. The molecule has 104 valence electrons. The molecule has 1 nitrogen and oxygen atoms in total. The van der Waals surface area contributed by atoms with Gasteiger partial charge < -0.3 is 5.11 Å². The van der Waals surface area contributed by atoms with Crippen LogP contribution < -0.4 is 0 Å². The summed E-state index contributed by atoms with van der Waals surface area (Å²) in [6.07, 6.45) is 16.0. The third-order valence-electron chi connectivity index (χ3n) is 6.76. The third-order valence-corrected chi connectivity index (χ3v) is 6.76. The maximum Gasteiger partial charge on any atom is 0.0723 e. The first-order chi connectivity index (χ1) is 9.17. The summed E-state index contributed by atoms with van der Waals surface area (Å²) in [5.41, 5.74) is 2.12. The van der Waals surface area contributed by atoms with Crippen molar-refractivity contribution in [1.82, 2.24) is 0 Å². The van der Waals surface area contributed by atoms with E-state index in [4.69, 9.17) is 0 Å². The van der Waals surface area contributed by atoms with Gasteiger partial charge in [-0.2, -0.15) is 0 Å². The summed E-state index contributed by atoms with van der Waals surface area (Å²) in [5.74, 6) is 3.60. The number of rotatable bonds is 0. The van der Waals surface area contributed by atoms with Gasteiger partial charge >= 0.3 is 0 Å². The van der Waals surface area contributed by atoms with Gasteiger partial charge in [0.1, 0.15) is 0 Å². The van der Waals surface area contributed by atoms with Crippen molar-refractivity contribution >= 4 is 0 Å². The minimum absolute atomic E-state index is 0.148. The van der Waals surface area contributed by atoms with Gasteiger partial charge in [-0.25, -0.2) is 0 Å². The first kappa shape index (κ1) is 12.2. The number of hydrogen-bond donors (Lipinski definition) is 1. The monoisotopic (exact) mass is 258 g/mol. The van der Waals surface area contributed by atoms with E-state index < -0.39 is 0 Å². The summed E-state index contributed by atoms with van der Waals surface area (Å²) in [6, 6.07) is 0. The molecule has 1 heteroatoms. The van der Waals surface area contributed by atoms with Gasteiger partial charge in [0.25, 0.3) is 0 Å². The second-order valence-corrected chi connectivity index (χ2v) is 7.65. The molecule has 0 aromatic carbocycles. The lowest BCUT2D eigenvalue weighted by Gasteiger charge is -2.52. The molecule has 0 unspecified atom stereocenters. The minimum atomic E-state index is -0.148. The van der Waals surface area contributed by atoms with Gasteiger partial charge in [0, 0.05) is 0 Å². The van der Waals surface area contributed by atoms with E-state index in [0.717, 1.165) is 30.1 Å². The third kappa shape index (κ3) is 1.77. The molecule has 19 heavy (non-hydrogen) atoms. The second-order valence-electron chi connectivity index (χ2n) is 7.65. The van der Waals surface area contributed by atoms with Crippen LogP contribution in [-0.2, 0) is 0 Å². The van der Waals surface area contributed by atoms with Gasteiger partial charge in [0.15, 0.2) is 0 Å². The molecule has 0 aliphatic heterocycles. The molecule has 0 aromatic heterocycles. The van der Waals surface area contributed by atoms with E-state index in [-0.39, 0.29) is 6.10 Å².